The summed E-state index contributed by atoms with van der Waals surface area (Å²) in [6, 6.07) is 26.6. The van der Waals surface area contributed by atoms with E-state index in [2.05, 4.69) is 35.6 Å². The predicted molar refractivity (Wildman–Crippen MR) is 137 cm³/mol. The minimum Gasteiger partial charge on any atom is -1.00 e. The summed E-state index contributed by atoms with van der Waals surface area (Å²) >= 11 is 0. The van der Waals surface area contributed by atoms with Crippen molar-refractivity contribution in [1.82, 2.24) is 5.32 Å². The molecule has 6 heteroatoms. The number of nitrogens with one attached hydrogen (secondary N) is 1. The van der Waals surface area contributed by atoms with Crippen molar-refractivity contribution in [1.29, 1.82) is 0 Å². The molecule has 0 saturated carbocycles. The summed E-state index contributed by atoms with van der Waals surface area (Å²) in [5.74, 6) is 1.57. The van der Waals surface area contributed by atoms with Gasteiger partial charge in [-0.2, -0.15) is 0 Å². The fourth-order valence-electron chi connectivity index (χ4n) is 6.14. The highest BCUT2D eigenvalue weighted by atomic mass is 79.9. The molecule has 4 aromatic rings. The number of hydrogen-bond acceptors (Lipinski definition) is 3. The summed E-state index contributed by atoms with van der Waals surface area (Å²) in [6.45, 7) is 4.41. The number of furan rings is 1. The van der Waals surface area contributed by atoms with Crippen LogP contribution in [-0.4, -0.2) is 43.2 Å². The van der Waals surface area contributed by atoms with Crippen molar-refractivity contribution in [2.45, 2.75) is 25.4 Å². The largest absolute Gasteiger partial charge is 1.00 e. The molecule has 4 heterocycles. The zero-order valence-corrected chi connectivity index (χ0v) is 22.0. The Morgan fingerprint density at radius 1 is 0.972 bits per heavy atom. The average Bonchev–Trinajstić information content (AvgIpc) is 3.35. The highest BCUT2D eigenvalue weighted by molar-refractivity contribution is 6.00. The number of carbonyl (C=O) groups is 1. The van der Waals surface area contributed by atoms with Crippen LogP contribution in [0.25, 0.3) is 22.1 Å². The summed E-state index contributed by atoms with van der Waals surface area (Å²) < 4.78 is 12.8. The van der Waals surface area contributed by atoms with E-state index in [1.54, 1.807) is 7.11 Å². The summed E-state index contributed by atoms with van der Waals surface area (Å²) in [5.41, 5.74) is 3.96. The van der Waals surface area contributed by atoms with Gasteiger partial charge in [0.05, 0.1) is 32.8 Å². The second-order valence-electron chi connectivity index (χ2n) is 10.1. The molecule has 5 nitrogen and oxygen atoms in total. The van der Waals surface area contributed by atoms with Gasteiger partial charge in [0.1, 0.15) is 17.9 Å². The molecule has 3 aliphatic rings. The topological polar surface area (TPSA) is 51.5 Å². The molecule has 0 radical (unpaired) electrons. The molecule has 1 aromatic heterocycles. The minimum absolute atomic E-state index is 0. The number of hydrogen-bond donors (Lipinski definition) is 1. The minimum atomic E-state index is -0.121. The Bertz CT molecular complexity index is 1360. The molecule has 186 valence electrons. The number of benzene rings is 3. The van der Waals surface area contributed by atoms with Gasteiger partial charge < -0.3 is 35.9 Å². The molecule has 3 fully saturated rings. The molecule has 1 N–H and O–H groups in total. The fourth-order valence-corrected chi connectivity index (χ4v) is 6.14. The van der Waals surface area contributed by atoms with Crippen LogP contribution in [0.15, 0.2) is 83.3 Å². The Morgan fingerprint density at radius 2 is 1.69 bits per heavy atom. The van der Waals surface area contributed by atoms with Gasteiger partial charge in [0.2, 0.25) is 0 Å². The molecule has 36 heavy (non-hydrogen) atoms. The first kappa shape index (κ1) is 24.6. The molecule has 0 spiro atoms. The second kappa shape index (κ2) is 10.1. The van der Waals surface area contributed by atoms with Crippen molar-refractivity contribution in [3.8, 4) is 16.9 Å². The maximum atomic E-state index is 13.4. The van der Waals surface area contributed by atoms with Gasteiger partial charge in [-0.1, -0.05) is 66.7 Å². The molecule has 1 atom stereocenters. The van der Waals surface area contributed by atoms with Crippen LogP contribution in [0.3, 0.4) is 0 Å². The smallest absolute Gasteiger partial charge is 0.287 e. The Labute approximate surface area is 222 Å². The molecular formula is C30H31BrN2O3. The predicted octanol–water partition coefficient (Wildman–Crippen LogP) is 2.65. The molecule has 3 saturated heterocycles. The lowest BCUT2D eigenvalue weighted by molar-refractivity contribution is -0.956. The van der Waals surface area contributed by atoms with Crippen molar-refractivity contribution in [3.05, 3.63) is 90.2 Å². The van der Waals surface area contributed by atoms with Gasteiger partial charge in [-0.05, 0) is 18.1 Å². The Kier molecular flexibility index (Phi) is 6.91. The Hall–Kier alpha value is -3.09. The van der Waals surface area contributed by atoms with Crippen LogP contribution in [0.5, 0.6) is 5.75 Å². The molecule has 3 aliphatic heterocycles. The summed E-state index contributed by atoms with van der Waals surface area (Å²) in [7, 11) is 1.67. The van der Waals surface area contributed by atoms with Crippen molar-refractivity contribution in [2.75, 3.05) is 26.7 Å². The van der Waals surface area contributed by atoms with E-state index in [9.17, 15) is 4.79 Å². The fraction of sp³-hybridized carbons (Fsp3) is 0.300. The van der Waals surface area contributed by atoms with Gasteiger partial charge >= 0.3 is 0 Å². The number of para-hydroxylation sites is 2. The monoisotopic (exact) mass is 546 g/mol. The highest BCUT2D eigenvalue weighted by Crippen LogP contribution is 2.38. The van der Waals surface area contributed by atoms with Gasteiger partial charge in [-0.3, -0.25) is 4.79 Å². The maximum absolute atomic E-state index is 13.4. The number of rotatable bonds is 6. The van der Waals surface area contributed by atoms with Crippen LogP contribution in [0.2, 0.25) is 0 Å². The van der Waals surface area contributed by atoms with Gasteiger partial charge in [0, 0.05) is 34.9 Å². The molecule has 0 unspecified atom stereocenters. The van der Waals surface area contributed by atoms with Crippen LogP contribution < -0.4 is 27.0 Å². The van der Waals surface area contributed by atoms with Crippen LogP contribution in [0.4, 0.5) is 0 Å². The quantitative estimate of drug-likeness (QED) is 0.378. The average molecular weight is 547 g/mol. The zero-order valence-electron chi connectivity index (χ0n) is 20.5. The van der Waals surface area contributed by atoms with Crippen molar-refractivity contribution >= 4 is 16.9 Å². The third-order valence-electron chi connectivity index (χ3n) is 7.94. The third-order valence-corrected chi connectivity index (χ3v) is 7.94. The van der Waals surface area contributed by atoms with Crippen LogP contribution in [-0.2, 0) is 6.54 Å². The van der Waals surface area contributed by atoms with Crippen molar-refractivity contribution in [2.24, 2.45) is 5.92 Å². The van der Waals surface area contributed by atoms with Crippen LogP contribution >= 0.6 is 0 Å². The van der Waals surface area contributed by atoms with E-state index in [1.165, 1.54) is 18.7 Å². The Balaban J connectivity index is 0.00000267. The van der Waals surface area contributed by atoms with Gasteiger partial charge in [0.15, 0.2) is 5.76 Å². The van der Waals surface area contributed by atoms with Gasteiger partial charge in [-0.25, -0.2) is 0 Å². The molecule has 7 rings (SSSR count). The SMILES string of the molecule is COc1ccccc1-c1cccc2cc(C(=O)N[C@H]3C[N+]4(Cc5ccccc5)CCC3CC4)oc12.[Br-]. The second-order valence-corrected chi connectivity index (χ2v) is 10.1. The van der Waals surface area contributed by atoms with Crippen molar-refractivity contribution < 1.29 is 35.4 Å². The number of ether oxygens (including phenoxy) is 1. The number of carbonyl (C=O) groups excluding carboxylic acids is 1. The Morgan fingerprint density at radius 3 is 2.47 bits per heavy atom. The number of piperidine rings is 3. The van der Waals surface area contributed by atoms with Gasteiger partial charge in [-0.15, -0.1) is 0 Å². The first-order chi connectivity index (χ1) is 17.1. The molecule has 3 aromatic carbocycles. The lowest BCUT2D eigenvalue weighted by Gasteiger charge is -2.52. The highest BCUT2D eigenvalue weighted by Gasteiger charge is 2.46. The lowest BCUT2D eigenvalue weighted by atomic mass is 9.81. The number of amides is 1. The van der Waals surface area contributed by atoms with Crippen LogP contribution in [0.1, 0.15) is 29.0 Å². The van der Waals surface area contributed by atoms with E-state index < -0.39 is 0 Å². The standard InChI is InChI=1S/C30H30N2O3.BrH/c1-34-27-13-6-5-11-24(27)25-12-7-10-23-18-28(35-29(23)25)30(33)31-26-20-32(16-14-22(26)15-17-32)19-21-8-3-2-4-9-21;/h2-13,18,22,26H,14-17,19-20H2,1H3;1H/t22?,26-,32?;/m0./s1. The third kappa shape index (κ3) is 4.56. The number of nitrogens with zero attached hydrogens (tertiary/aromatic N) is 1. The van der Waals surface area contributed by atoms with E-state index in [0.29, 0.717) is 17.3 Å². The first-order valence-electron chi connectivity index (χ1n) is 12.5. The van der Waals surface area contributed by atoms with Gasteiger partial charge in [0.25, 0.3) is 5.91 Å². The van der Waals surface area contributed by atoms with E-state index in [1.807, 2.05) is 48.5 Å². The normalized spacial score (nSPS) is 22.7. The lowest BCUT2D eigenvalue weighted by Crippen LogP contribution is -3.00. The van der Waals surface area contributed by atoms with Crippen LogP contribution in [0, 0.1) is 5.92 Å². The molecule has 2 bridgehead atoms. The van der Waals surface area contributed by atoms with E-state index >= 15 is 0 Å². The zero-order chi connectivity index (χ0) is 23.8. The first-order valence-corrected chi connectivity index (χ1v) is 12.5. The van der Waals surface area contributed by atoms with E-state index in [0.717, 1.165) is 52.7 Å². The number of quaternary nitrogens is 1. The number of fused-ring (bicyclic) bond motifs is 4. The summed E-state index contributed by atoms with van der Waals surface area (Å²) in [5, 5.41) is 4.26. The molecular weight excluding hydrogens is 516 g/mol. The number of halogens is 1. The summed E-state index contributed by atoms with van der Waals surface area (Å²) in [4.78, 5) is 13.4. The molecule has 1 amide bonds. The maximum Gasteiger partial charge on any atom is 0.287 e. The van der Waals surface area contributed by atoms with Crippen molar-refractivity contribution in [3.63, 3.8) is 0 Å². The molecule has 0 aliphatic carbocycles. The number of methoxy groups -OCH3 is 1. The van der Waals surface area contributed by atoms with E-state index in [-0.39, 0.29) is 28.9 Å². The summed E-state index contributed by atoms with van der Waals surface area (Å²) in [6.07, 6.45) is 2.33. The van der Waals surface area contributed by atoms with E-state index in [4.69, 9.17) is 9.15 Å².